The molecule has 0 aliphatic heterocycles. The quantitative estimate of drug-likeness (QED) is 0.221. The number of carboxylic acid groups (broad SMARTS) is 1. The molecule has 0 saturated heterocycles. The molecule has 132 valence electrons. The molecule has 0 aliphatic rings. The van der Waals surface area contributed by atoms with E-state index in [0.717, 1.165) is 11.1 Å². The molecule has 1 rings (SSSR count). The van der Waals surface area contributed by atoms with E-state index in [1.54, 1.807) is 6.92 Å². The zero-order chi connectivity index (χ0) is 18.3. The lowest BCUT2D eigenvalue weighted by atomic mass is 9.88. The van der Waals surface area contributed by atoms with Gasteiger partial charge in [-0.3, -0.25) is 9.59 Å². The van der Waals surface area contributed by atoms with E-state index in [0.29, 0.717) is 20.3 Å². The largest absolute Gasteiger partial charge is 0.480 e. The van der Waals surface area contributed by atoms with Gasteiger partial charge in [-0.1, -0.05) is 56.4 Å². The average molecular weight is 558 g/mol. The smallest absolute Gasteiger partial charge is 0.317 e. The van der Waals surface area contributed by atoms with Crippen molar-refractivity contribution in [3.63, 3.8) is 0 Å². The number of benzene rings is 1. The number of alkyl halides is 2. The molecule has 8 heteroatoms. The topological polar surface area (TPSA) is 88.0 Å². The molecule has 0 unspecified atom stereocenters. The Balaban J connectivity index is 2.68. The number of hydrogen-bond donors (Lipinski definition) is 2. The first-order valence-corrected chi connectivity index (χ1v) is 10.2. The van der Waals surface area contributed by atoms with Crippen LogP contribution in [-0.2, 0) is 14.4 Å². The van der Waals surface area contributed by atoms with Crippen LogP contribution in [0.25, 0.3) is 0 Å². The second-order valence-corrected chi connectivity index (χ2v) is 7.05. The highest BCUT2D eigenvalue weighted by molar-refractivity contribution is 14.1. The molecule has 2 N–H and O–H groups in total. The maximum absolute atomic E-state index is 11.9. The molecule has 1 aromatic rings. The number of nitrogens with one attached hydrogen (secondary N) is 1. The number of nitrogens with zero attached hydrogens (tertiary/aromatic N) is 1. The summed E-state index contributed by atoms with van der Waals surface area (Å²) in [6.45, 7) is 5.23. The summed E-state index contributed by atoms with van der Waals surface area (Å²) in [7, 11) is 0. The highest BCUT2D eigenvalue weighted by Gasteiger charge is 2.40. The van der Waals surface area contributed by atoms with Crippen LogP contribution in [0.4, 0.5) is 5.69 Å². The van der Waals surface area contributed by atoms with Gasteiger partial charge < -0.3 is 15.3 Å². The van der Waals surface area contributed by atoms with Crippen LogP contribution < -0.4 is 5.32 Å². The Morgan fingerprint density at radius 1 is 1.21 bits per heavy atom. The van der Waals surface area contributed by atoms with Crippen LogP contribution in [0.2, 0.25) is 0 Å². The van der Waals surface area contributed by atoms with E-state index in [1.807, 2.05) is 77.2 Å². The molecule has 0 bridgehead atoms. The number of aryl methyl sites for hydroxylation is 2. The molecule has 1 aromatic carbocycles. The van der Waals surface area contributed by atoms with Gasteiger partial charge in [0.2, 0.25) is 0 Å². The van der Waals surface area contributed by atoms with Gasteiger partial charge in [0.05, 0.1) is 5.71 Å². The van der Waals surface area contributed by atoms with Crippen LogP contribution in [0, 0.1) is 19.3 Å². The molecule has 0 fully saturated rings. The van der Waals surface area contributed by atoms with Gasteiger partial charge in [-0.05, 0) is 44.0 Å². The van der Waals surface area contributed by atoms with Gasteiger partial charge in [0.1, 0.15) is 5.41 Å². The summed E-state index contributed by atoms with van der Waals surface area (Å²) < 4.78 is 0.743. The molecule has 0 radical (unpaired) electrons. The molecule has 24 heavy (non-hydrogen) atoms. The Morgan fingerprint density at radius 2 is 1.75 bits per heavy atom. The highest BCUT2D eigenvalue weighted by Crippen LogP contribution is 2.26. The van der Waals surface area contributed by atoms with Crippen molar-refractivity contribution >= 4 is 68.5 Å². The standard InChI is InChI=1S/C16H20I2N2O4/c1-10-4-11(2)6-13(5-10)19-14(21)7-24-20-12(3)16(8-17,9-18)15(22)23/h4-6H,7-9H2,1-3H3,(H,19,21)(H,22,23). The molecular weight excluding hydrogens is 538 g/mol. The summed E-state index contributed by atoms with van der Waals surface area (Å²) in [5.74, 6) is -1.29. The summed E-state index contributed by atoms with van der Waals surface area (Å²) in [5, 5.41) is 16.0. The Kier molecular flexibility index (Phi) is 8.40. The summed E-state index contributed by atoms with van der Waals surface area (Å²) in [6.07, 6.45) is 0. The fourth-order valence-electron chi connectivity index (χ4n) is 2.02. The predicted octanol–water partition coefficient (Wildman–Crippen LogP) is 3.58. The van der Waals surface area contributed by atoms with Crippen molar-refractivity contribution in [2.24, 2.45) is 10.6 Å². The lowest BCUT2D eigenvalue weighted by Gasteiger charge is -2.24. The number of carbonyl (C=O) groups excluding carboxylic acids is 1. The molecular formula is C16H20I2N2O4. The molecule has 6 nitrogen and oxygen atoms in total. The molecule has 0 spiro atoms. The number of anilines is 1. The van der Waals surface area contributed by atoms with Gasteiger partial charge in [0, 0.05) is 14.5 Å². The van der Waals surface area contributed by atoms with Crippen molar-refractivity contribution in [2.45, 2.75) is 20.8 Å². The number of rotatable bonds is 8. The maximum atomic E-state index is 11.9. The third-order valence-electron chi connectivity index (χ3n) is 3.46. The van der Waals surface area contributed by atoms with E-state index in [2.05, 4.69) is 10.5 Å². The van der Waals surface area contributed by atoms with Gasteiger partial charge in [-0.25, -0.2) is 0 Å². The van der Waals surface area contributed by atoms with Gasteiger partial charge in [-0.15, -0.1) is 0 Å². The average Bonchev–Trinajstić information content (AvgIpc) is 2.47. The van der Waals surface area contributed by atoms with E-state index < -0.39 is 11.4 Å². The van der Waals surface area contributed by atoms with Crippen molar-refractivity contribution in [2.75, 3.05) is 20.8 Å². The minimum Gasteiger partial charge on any atom is -0.480 e. The molecule has 0 heterocycles. The summed E-state index contributed by atoms with van der Waals surface area (Å²) in [5.41, 5.74) is 2.07. The monoisotopic (exact) mass is 558 g/mol. The molecule has 0 aromatic heterocycles. The highest BCUT2D eigenvalue weighted by atomic mass is 127. The Hall–Kier alpha value is -0.910. The first-order chi connectivity index (χ1) is 11.2. The second-order valence-electron chi connectivity index (χ2n) is 5.53. The number of amides is 1. The number of carboxylic acids is 1. The summed E-state index contributed by atoms with van der Waals surface area (Å²) in [6, 6.07) is 5.74. The fraction of sp³-hybridized carbons (Fsp3) is 0.438. The van der Waals surface area contributed by atoms with Gasteiger partial charge >= 0.3 is 5.97 Å². The third-order valence-corrected chi connectivity index (χ3v) is 6.07. The van der Waals surface area contributed by atoms with Crippen LogP contribution in [0.3, 0.4) is 0 Å². The maximum Gasteiger partial charge on any atom is 0.317 e. The lowest BCUT2D eigenvalue weighted by molar-refractivity contribution is -0.142. The number of halogens is 2. The van der Waals surface area contributed by atoms with E-state index >= 15 is 0 Å². The van der Waals surface area contributed by atoms with Crippen LogP contribution in [-0.4, -0.2) is 38.2 Å². The van der Waals surface area contributed by atoms with E-state index in [9.17, 15) is 14.7 Å². The Bertz CT molecular complexity index is 623. The number of oxime groups is 1. The van der Waals surface area contributed by atoms with Crippen molar-refractivity contribution in [1.82, 2.24) is 0 Å². The second kappa shape index (κ2) is 9.54. The molecule has 0 atom stereocenters. The zero-order valence-electron chi connectivity index (χ0n) is 13.7. The van der Waals surface area contributed by atoms with E-state index in [4.69, 9.17) is 4.84 Å². The zero-order valence-corrected chi connectivity index (χ0v) is 18.0. The fourth-order valence-corrected chi connectivity index (χ4v) is 5.35. The first-order valence-electron chi connectivity index (χ1n) is 7.15. The van der Waals surface area contributed by atoms with Gasteiger partial charge in [0.25, 0.3) is 5.91 Å². The van der Waals surface area contributed by atoms with Crippen LogP contribution in [0.5, 0.6) is 0 Å². The number of carbonyl (C=O) groups is 2. The first kappa shape index (κ1) is 21.1. The number of hydrogen-bond acceptors (Lipinski definition) is 4. The van der Waals surface area contributed by atoms with E-state index in [1.165, 1.54) is 0 Å². The minimum absolute atomic E-state index is 0.275. The van der Waals surface area contributed by atoms with Crippen molar-refractivity contribution in [1.29, 1.82) is 0 Å². The van der Waals surface area contributed by atoms with Crippen molar-refractivity contribution in [3.8, 4) is 0 Å². The normalized spacial score (nSPS) is 12.0. The van der Waals surface area contributed by atoms with Crippen molar-refractivity contribution in [3.05, 3.63) is 29.3 Å². The summed E-state index contributed by atoms with van der Waals surface area (Å²) >= 11 is 4.04. The van der Waals surface area contributed by atoms with Crippen LogP contribution in [0.1, 0.15) is 18.1 Å². The molecule has 1 amide bonds. The Morgan fingerprint density at radius 3 is 2.21 bits per heavy atom. The SMILES string of the molecule is CC(=NOCC(=O)Nc1cc(C)cc(C)c1)C(CI)(CI)C(=O)O. The molecule has 0 aliphatic carbocycles. The third kappa shape index (κ3) is 5.57. The van der Waals surface area contributed by atoms with Crippen LogP contribution in [0.15, 0.2) is 23.4 Å². The van der Waals surface area contributed by atoms with Crippen molar-refractivity contribution < 1.29 is 19.5 Å². The van der Waals surface area contributed by atoms with Gasteiger partial charge in [0.15, 0.2) is 6.61 Å². The minimum atomic E-state index is -1.08. The Labute approximate surface area is 168 Å². The van der Waals surface area contributed by atoms with E-state index in [-0.39, 0.29) is 12.5 Å². The number of aliphatic carboxylic acids is 1. The van der Waals surface area contributed by atoms with Crippen LogP contribution >= 0.6 is 45.2 Å². The lowest BCUT2D eigenvalue weighted by Crippen LogP contribution is -2.41. The predicted molar refractivity (Wildman–Crippen MR) is 111 cm³/mol. The molecule has 0 saturated carbocycles. The van der Waals surface area contributed by atoms with Gasteiger partial charge in [-0.2, -0.15) is 0 Å². The summed E-state index contributed by atoms with van der Waals surface area (Å²) in [4.78, 5) is 28.5.